The van der Waals surface area contributed by atoms with Crippen molar-refractivity contribution in [2.75, 3.05) is 0 Å². The van der Waals surface area contributed by atoms with Crippen LogP contribution in [0.15, 0.2) is 24.3 Å². The van der Waals surface area contributed by atoms with Gasteiger partial charge in [-0.1, -0.05) is 35.3 Å². The standard InChI is InChI=1S/C12H13Cl2N/c13-11-6-3-9(7-12(11)14)8-1-4-10(15)5-2-8/h1,3,6-7,10H,2,4-5,15H2. The van der Waals surface area contributed by atoms with E-state index in [4.69, 9.17) is 28.9 Å². The molecule has 0 radical (unpaired) electrons. The second kappa shape index (κ2) is 4.56. The average molecular weight is 242 g/mol. The van der Waals surface area contributed by atoms with Crippen LogP contribution in [0.25, 0.3) is 5.57 Å². The quantitative estimate of drug-likeness (QED) is 0.794. The molecule has 3 heteroatoms. The van der Waals surface area contributed by atoms with Gasteiger partial charge in [0, 0.05) is 6.04 Å². The third-order valence-corrected chi connectivity index (χ3v) is 3.48. The molecular formula is C12H13Cl2N. The monoisotopic (exact) mass is 241 g/mol. The summed E-state index contributed by atoms with van der Waals surface area (Å²) < 4.78 is 0. The van der Waals surface area contributed by atoms with Gasteiger partial charge in [0.1, 0.15) is 0 Å². The number of allylic oxidation sites excluding steroid dienone is 1. The molecule has 2 rings (SSSR count). The fraction of sp³-hybridized carbons (Fsp3) is 0.333. The summed E-state index contributed by atoms with van der Waals surface area (Å²) in [5, 5.41) is 1.22. The first-order chi connectivity index (χ1) is 7.16. The van der Waals surface area contributed by atoms with Crippen molar-refractivity contribution < 1.29 is 0 Å². The molecule has 1 aromatic rings. The smallest absolute Gasteiger partial charge is 0.0598 e. The molecule has 80 valence electrons. The number of hydrogen-bond acceptors (Lipinski definition) is 1. The Morgan fingerprint density at radius 3 is 2.60 bits per heavy atom. The lowest BCUT2D eigenvalue weighted by molar-refractivity contribution is 0.614. The van der Waals surface area contributed by atoms with Gasteiger partial charge in [0.2, 0.25) is 0 Å². The predicted octanol–water partition coefficient (Wildman–Crippen LogP) is 3.89. The number of hydrogen-bond donors (Lipinski definition) is 1. The van der Waals surface area contributed by atoms with Crippen molar-refractivity contribution in [3.63, 3.8) is 0 Å². The molecule has 0 saturated heterocycles. The topological polar surface area (TPSA) is 26.0 Å². The molecule has 1 aromatic carbocycles. The minimum Gasteiger partial charge on any atom is -0.327 e. The predicted molar refractivity (Wildman–Crippen MR) is 66.3 cm³/mol. The molecule has 15 heavy (non-hydrogen) atoms. The van der Waals surface area contributed by atoms with E-state index in [0.717, 1.165) is 24.8 Å². The minimum absolute atomic E-state index is 0.316. The third kappa shape index (κ3) is 2.54. The summed E-state index contributed by atoms with van der Waals surface area (Å²) >= 11 is 11.8. The van der Waals surface area contributed by atoms with Gasteiger partial charge in [0.05, 0.1) is 10.0 Å². The molecule has 0 aliphatic heterocycles. The third-order valence-electron chi connectivity index (χ3n) is 2.74. The van der Waals surface area contributed by atoms with Crippen molar-refractivity contribution in [1.82, 2.24) is 0 Å². The molecule has 0 amide bonds. The molecule has 0 fully saturated rings. The SMILES string of the molecule is NC1CC=C(c2ccc(Cl)c(Cl)c2)CC1. The van der Waals surface area contributed by atoms with Crippen LogP contribution in [0.4, 0.5) is 0 Å². The highest BCUT2D eigenvalue weighted by molar-refractivity contribution is 6.42. The molecular weight excluding hydrogens is 229 g/mol. The van der Waals surface area contributed by atoms with Gasteiger partial charge in [-0.3, -0.25) is 0 Å². The number of halogens is 2. The Bertz CT molecular complexity index is 399. The maximum Gasteiger partial charge on any atom is 0.0598 e. The summed E-state index contributed by atoms with van der Waals surface area (Å²) in [5.41, 5.74) is 8.33. The zero-order valence-electron chi connectivity index (χ0n) is 8.34. The highest BCUT2D eigenvalue weighted by atomic mass is 35.5. The van der Waals surface area contributed by atoms with Crippen LogP contribution in [-0.4, -0.2) is 6.04 Å². The molecule has 1 unspecified atom stereocenters. The highest BCUT2D eigenvalue weighted by Crippen LogP contribution is 2.30. The Hall–Kier alpha value is -0.500. The van der Waals surface area contributed by atoms with Crippen molar-refractivity contribution in [1.29, 1.82) is 0 Å². The van der Waals surface area contributed by atoms with Crippen LogP contribution in [0.3, 0.4) is 0 Å². The maximum atomic E-state index is 5.98. The van der Waals surface area contributed by atoms with Crippen molar-refractivity contribution in [3.8, 4) is 0 Å². The molecule has 0 spiro atoms. The Labute approximate surface area is 99.9 Å². The zero-order chi connectivity index (χ0) is 10.8. The minimum atomic E-state index is 0.316. The van der Waals surface area contributed by atoms with Gasteiger partial charge < -0.3 is 5.73 Å². The second-order valence-corrected chi connectivity index (χ2v) is 4.71. The van der Waals surface area contributed by atoms with E-state index in [1.165, 1.54) is 5.57 Å². The van der Waals surface area contributed by atoms with Crippen LogP contribution in [0.5, 0.6) is 0 Å². The summed E-state index contributed by atoms with van der Waals surface area (Å²) in [6.07, 6.45) is 5.23. The number of benzene rings is 1. The van der Waals surface area contributed by atoms with Crippen molar-refractivity contribution in [2.45, 2.75) is 25.3 Å². The molecule has 0 bridgehead atoms. The Morgan fingerprint density at radius 1 is 1.20 bits per heavy atom. The summed E-state index contributed by atoms with van der Waals surface area (Å²) in [4.78, 5) is 0. The van der Waals surface area contributed by atoms with Crippen molar-refractivity contribution in [3.05, 3.63) is 39.9 Å². The molecule has 0 heterocycles. The van der Waals surface area contributed by atoms with Gasteiger partial charge in [-0.05, 0) is 42.5 Å². The van der Waals surface area contributed by atoms with Gasteiger partial charge in [-0.2, -0.15) is 0 Å². The Kier molecular flexibility index (Phi) is 3.35. The highest BCUT2D eigenvalue weighted by Gasteiger charge is 2.12. The van der Waals surface area contributed by atoms with Crippen LogP contribution in [-0.2, 0) is 0 Å². The van der Waals surface area contributed by atoms with E-state index in [-0.39, 0.29) is 0 Å². The molecule has 0 aromatic heterocycles. The van der Waals surface area contributed by atoms with E-state index in [2.05, 4.69) is 6.08 Å². The van der Waals surface area contributed by atoms with Crippen molar-refractivity contribution >= 4 is 28.8 Å². The Morgan fingerprint density at radius 2 is 2.00 bits per heavy atom. The van der Waals surface area contributed by atoms with Gasteiger partial charge in [-0.25, -0.2) is 0 Å². The molecule has 1 aliphatic rings. The van der Waals surface area contributed by atoms with E-state index < -0.39 is 0 Å². The molecule has 1 atom stereocenters. The van der Waals surface area contributed by atoms with E-state index in [1.807, 2.05) is 18.2 Å². The van der Waals surface area contributed by atoms with E-state index >= 15 is 0 Å². The molecule has 1 nitrogen and oxygen atoms in total. The van der Waals surface area contributed by atoms with Crippen LogP contribution < -0.4 is 5.73 Å². The van der Waals surface area contributed by atoms with Gasteiger partial charge in [0.15, 0.2) is 0 Å². The van der Waals surface area contributed by atoms with Gasteiger partial charge in [0.25, 0.3) is 0 Å². The fourth-order valence-corrected chi connectivity index (χ4v) is 2.11. The first kappa shape index (κ1) is 11.0. The van der Waals surface area contributed by atoms with Crippen LogP contribution >= 0.6 is 23.2 Å². The summed E-state index contributed by atoms with van der Waals surface area (Å²) in [6.45, 7) is 0. The maximum absolute atomic E-state index is 5.98. The first-order valence-electron chi connectivity index (χ1n) is 5.07. The summed E-state index contributed by atoms with van der Waals surface area (Å²) in [7, 11) is 0. The van der Waals surface area contributed by atoms with Gasteiger partial charge >= 0.3 is 0 Å². The lowest BCUT2D eigenvalue weighted by Gasteiger charge is -2.18. The summed E-state index contributed by atoms with van der Waals surface area (Å²) in [6, 6.07) is 6.09. The zero-order valence-corrected chi connectivity index (χ0v) is 9.85. The number of nitrogens with two attached hydrogens (primary N) is 1. The van der Waals surface area contributed by atoms with Gasteiger partial charge in [-0.15, -0.1) is 0 Å². The molecule has 0 saturated carbocycles. The molecule has 2 N–H and O–H groups in total. The average Bonchev–Trinajstić information content (AvgIpc) is 2.23. The first-order valence-corrected chi connectivity index (χ1v) is 5.82. The van der Waals surface area contributed by atoms with Crippen LogP contribution in [0.1, 0.15) is 24.8 Å². The van der Waals surface area contributed by atoms with Crippen LogP contribution in [0.2, 0.25) is 10.0 Å². The van der Waals surface area contributed by atoms with E-state index in [1.54, 1.807) is 0 Å². The lowest BCUT2D eigenvalue weighted by atomic mass is 9.91. The summed E-state index contributed by atoms with van der Waals surface area (Å²) in [5.74, 6) is 0. The van der Waals surface area contributed by atoms with E-state index in [0.29, 0.717) is 16.1 Å². The van der Waals surface area contributed by atoms with Crippen molar-refractivity contribution in [2.24, 2.45) is 5.73 Å². The van der Waals surface area contributed by atoms with Crippen LogP contribution in [0, 0.1) is 0 Å². The largest absolute Gasteiger partial charge is 0.327 e. The lowest BCUT2D eigenvalue weighted by Crippen LogP contribution is -2.21. The fourth-order valence-electron chi connectivity index (χ4n) is 1.81. The Balaban J connectivity index is 2.26. The van der Waals surface area contributed by atoms with E-state index in [9.17, 15) is 0 Å². The number of rotatable bonds is 1. The second-order valence-electron chi connectivity index (χ2n) is 3.89. The molecule has 1 aliphatic carbocycles. The normalized spacial score (nSPS) is 21.3.